The molecular formula is C22H35ClO. The number of halogens is 1. The van der Waals surface area contributed by atoms with Crippen LogP contribution in [-0.4, -0.2) is 5.24 Å². The number of hydrogen-bond donors (Lipinski definition) is 0. The molecule has 0 aromatic rings. The number of allylic oxidation sites excluding steroid dienone is 8. The third-order valence-electron chi connectivity index (χ3n) is 3.68. The van der Waals surface area contributed by atoms with Crippen molar-refractivity contribution in [2.75, 3.05) is 0 Å². The van der Waals surface area contributed by atoms with Crippen molar-refractivity contribution in [1.82, 2.24) is 0 Å². The summed E-state index contributed by atoms with van der Waals surface area (Å²) in [7, 11) is 0. The van der Waals surface area contributed by atoms with E-state index in [1.54, 1.807) is 0 Å². The van der Waals surface area contributed by atoms with Gasteiger partial charge in [-0.1, -0.05) is 68.4 Å². The number of carbonyl (C=O) groups is 1. The second-order valence-electron chi connectivity index (χ2n) is 6.03. The second kappa shape index (κ2) is 20.0. The first-order chi connectivity index (χ1) is 11.8. The van der Waals surface area contributed by atoms with Gasteiger partial charge in [0.2, 0.25) is 5.24 Å². The lowest BCUT2D eigenvalue weighted by molar-refractivity contribution is -0.111. The van der Waals surface area contributed by atoms with Crippen LogP contribution < -0.4 is 0 Å². The van der Waals surface area contributed by atoms with Gasteiger partial charge in [0.25, 0.3) is 0 Å². The van der Waals surface area contributed by atoms with Gasteiger partial charge < -0.3 is 0 Å². The van der Waals surface area contributed by atoms with Gasteiger partial charge in [-0.05, 0) is 69.4 Å². The average molecular weight is 351 g/mol. The Morgan fingerprint density at radius 2 is 1.08 bits per heavy atom. The number of carbonyl (C=O) groups excluding carboxylic acids is 1. The monoisotopic (exact) mass is 350 g/mol. The van der Waals surface area contributed by atoms with Crippen LogP contribution in [0, 0.1) is 0 Å². The van der Waals surface area contributed by atoms with E-state index >= 15 is 0 Å². The lowest BCUT2D eigenvalue weighted by atomic mass is 10.1. The summed E-state index contributed by atoms with van der Waals surface area (Å²) in [6.07, 6.45) is 31.0. The van der Waals surface area contributed by atoms with Crippen LogP contribution in [0.25, 0.3) is 0 Å². The molecule has 136 valence electrons. The zero-order chi connectivity index (χ0) is 17.7. The molecule has 1 nitrogen and oxygen atoms in total. The van der Waals surface area contributed by atoms with E-state index < -0.39 is 0 Å². The Labute approximate surface area is 154 Å². The average Bonchev–Trinajstić information content (AvgIpc) is 2.56. The van der Waals surface area contributed by atoms with Crippen LogP contribution in [-0.2, 0) is 4.79 Å². The maximum absolute atomic E-state index is 10.5. The van der Waals surface area contributed by atoms with E-state index in [-0.39, 0.29) is 5.24 Å². The minimum absolute atomic E-state index is 0.257. The molecule has 0 aromatic heterocycles. The highest BCUT2D eigenvalue weighted by Gasteiger charge is 1.90. The minimum Gasteiger partial charge on any atom is -0.281 e. The molecule has 0 amide bonds. The van der Waals surface area contributed by atoms with Gasteiger partial charge >= 0.3 is 0 Å². The lowest BCUT2D eigenvalue weighted by Gasteiger charge is -1.93. The summed E-state index contributed by atoms with van der Waals surface area (Å²) in [5.74, 6) is 0. The Balaban J connectivity index is 3.33. The zero-order valence-corrected chi connectivity index (χ0v) is 16.1. The molecular weight excluding hydrogens is 316 g/mol. The molecule has 0 aliphatic rings. The van der Waals surface area contributed by atoms with E-state index in [2.05, 4.69) is 49.5 Å². The van der Waals surface area contributed by atoms with Crippen LogP contribution in [0.15, 0.2) is 48.6 Å². The predicted molar refractivity (Wildman–Crippen MR) is 108 cm³/mol. The van der Waals surface area contributed by atoms with Crippen molar-refractivity contribution in [1.29, 1.82) is 0 Å². The molecule has 0 N–H and O–H groups in total. The summed E-state index contributed by atoms with van der Waals surface area (Å²) in [4.78, 5) is 10.5. The fourth-order valence-electron chi connectivity index (χ4n) is 2.25. The first-order valence-electron chi connectivity index (χ1n) is 9.55. The third-order valence-corrected chi connectivity index (χ3v) is 3.87. The lowest BCUT2D eigenvalue weighted by Crippen LogP contribution is -1.81. The summed E-state index contributed by atoms with van der Waals surface area (Å²) in [6.45, 7) is 2.24. The summed E-state index contributed by atoms with van der Waals surface area (Å²) in [5.41, 5.74) is 0. The van der Waals surface area contributed by atoms with E-state index in [0.29, 0.717) is 6.42 Å². The molecule has 0 aromatic carbocycles. The predicted octanol–water partition coefficient (Wildman–Crippen LogP) is 7.68. The number of rotatable bonds is 16. The minimum atomic E-state index is -0.257. The van der Waals surface area contributed by atoms with E-state index in [4.69, 9.17) is 11.6 Å². The summed E-state index contributed by atoms with van der Waals surface area (Å²) < 4.78 is 0. The van der Waals surface area contributed by atoms with Crippen LogP contribution in [0.3, 0.4) is 0 Å². The van der Waals surface area contributed by atoms with Gasteiger partial charge in [-0.15, -0.1) is 0 Å². The summed E-state index contributed by atoms with van der Waals surface area (Å²) in [5, 5.41) is -0.257. The van der Waals surface area contributed by atoms with Crippen molar-refractivity contribution in [2.45, 2.75) is 84.0 Å². The normalized spacial score (nSPS) is 12.4. The second-order valence-corrected chi connectivity index (χ2v) is 6.45. The smallest absolute Gasteiger partial charge is 0.221 e. The molecule has 0 saturated carbocycles. The van der Waals surface area contributed by atoms with Gasteiger partial charge in [0.05, 0.1) is 0 Å². The summed E-state index contributed by atoms with van der Waals surface area (Å²) >= 11 is 5.26. The molecule has 24 heavy (non-hydrogen) atoms. The molecule has 0 radical (unpaired) electrons. The van der Waals surface area contributed by atoms with Crippen LogP contribution in [0.1, 0.15) is 84.0 Å². The van der Waals surface area contributed by atoms with E-state index in [0.717, 1.165) is 25.7 Å². The Morgan fingerprint density at radius 3 is 1.50 bits per heavy atom. The molecule has 0 aliphatic heterocycles. The van der Waals surface area contributed by atoms with Gasteiger partial charge in [0.15, 0.2) is 0 Å². The summed E-state index contributed by atoms with van der Waals surface area (Å²) in [6, 6.07) is 0. The van der Waals surface area contributed by atoms with Gasteiger partial charge in [0.1, 0.15) is 0 Å². The van der Waals surface area contributed by atoms with Crippen molar-refractivity contribution in [3.8, 4) is 0 Å². The van der Waals surface area contributed by atoms with Crippen molar-refractivity contribution in [3.05, 3.63) is 48.6 Å². The fraction of sp³-hybridized carbons (Fsp3) is 0.591. The SMILES string of the molecule is CCCCC/C=C\C/C=C\CCCC/C=C\C/C=C\CCC(=O)Cl. The van der Waals surface area contributed by atoms with Crippen LogP contribution in [0.4, 0.5) is 0 Å². The van der Waals surface area contributed by atoms with Gasteiger partial charge in [0, 0.05) is 6.42 Å². The number of hydrogen-bond acceptors (Lipinski definition) is 1. The topological polar surface area (TPSA) is 17.1 Å². The molecule has 0 bridgehead atoms. The largest absolute Gasteiger partial charge is 0.281 e. The van der Waals surface area contributed by atoms with Crippen LogP contribution in [0.5, 0.6) is 0 Å². The molecule has 2 heteroatoms. The van der Waals surface area contributed by atoms with Crippen molar-refractivity contribution in [2.24, 2.45) is 0 Å². The highest BCUT2D eigenvalue weighted by atomic mass is 35.5. The standard InChI is InChI=1S/C22H35ClO/c1-2-3-4-5-6-7-8-9-10-11-12-13-14-15-16-17-18-19-20-21-22(23)24/h6-7,9-10,15-16,18-19H,2-5,8,11-14,17,20-21H2,1H3/b7-6-,10-9-,16-15-,19-18-. The molecule has 0 fully saturated rings. The molecule has 0 atom stereocenters. The van der Waals surface area contributed by atoms with Crippen LogP contribution in [0.2, 0.25) is 0 Å². The van der Waals surface area contributed by atoms with Gasteiger partial charge in [-0.3, -0.25) is 4.79 Å². The highest BCUT2D eigenvalue weighted by molar-refractivity contribution is 6.63. The maximum Gasteiger partial charge on any atom is 0.221 e. The molecule has 0 spiro atoms. The zero-order valence-electron chi connectivity index (χ0n) is 15.4. The van der Waals surface area contributed by atoms with E-state index in [9.17, 15) is 4.79 Å². The maximum atomic E-state index is 10.5. The first-order valence-corrected chi connectivity index (χ1v) is 9.93. The first kappa shape index (κ1) is 22.9. The molecule has 0 unspecified atom stereocenters. The van der Waals surface area contributed by atoms with Gasteiger partial charge in [-0.2, -0.15) is 0 Å². The van der Waals surface area contributed by atoms with Crippen LogP contribution >= 0.6 is 11.6 Å². The Hall–Kier alpha value is -1.08. The van der Waals surface area contributed by atoms with Crippen molar-refractivity contribution >= 4 is 16.8 Å². The van der Waals surface area contributed by atoms with Crippen molar-refractivity contribution < 1.29 is 4.79 Å². The third kappa shape index (κ3) is 20.9. The Morgan fingerprint density at radius 1 is 0.667 bits per heavy atom. The van der Waals surface area contributed by atoms with Gasteiger partial charge in [-0.25, -0.2) is 0 Å². The quantitative estimate of drug-likeness (QED) is 0.158. The molecule has 0 aliphatic carbocycles. The Bertz CT molecular complexity index is 391. The number of unbranched alkanes of at least 4 members (excludes halogenated alkanes) is 6. The van der Waals surface area contributed by atoms with Crippen molar-refractivity contribution in [3.63, 3.8) is 0 Å². The molecule has 0 saturated heterocycles. The Kier molecular flexibility index (Phi) is 19.1. The molecule has 0 rings (SSSR count). The molecule has 0 heterocycles. The van der Waals surface area contributed by atoms with E-state index in [1.165, 1.54) is 44.9 Å². The fourth-order valence-corrected chi connectivity index (χ4v) is 2.36. The highest BCUT2D eigenvalue weighted by Crippen LogP contribution is 2.04. The van der Waals surface area contributed by atoms with E-state index in [1.807, 2.05) is 6.08 Å².